The van der Waals surface area contributed by atoms with Crippen LogP contribution in [-0.2, 0) is 16.0 Å². The Kier molecular flexibility index (Phi) is 6.10. The Labute approximate surface area is 149 Å². The van der Waals surface area contributed by atoms with Crippen molar-refractivity contribution in [3.8, 4) is 11.5 Å². The highest BCUT2D eigenvalue weighted by atomic mass is 16.6. The number of hydrazone groups is 1. The molecule has 0 fully saturated rings. The number of nitrogens with one attached hydrogen (secondary N) is 1. The summed E-state index contributed by atoms with van der Waals surface area (Å²) in [6.07, 6.45) is 0.722. The topological polar surface area (TPSA) is 123 Å². The third-order valence-electron chi connectivity index (χ3n) is 3.93. The number of carbonyl (C=O) groups is 2. The van der Waals surface area contributed by atoms with Crippen molar-refractivity contribution in [2.75, 3.05) is 27.8 Å². The molecule has 0 aromatic heterocycles. The fraction of sp³-hybridized carbons (Fsp3) is 0.438. The van der Waals surface area contributed by atoms with Gasteiger partial charge in [-0.2, -0.15) is 5.10 Å². The molecule has 1 aromatic carbocycles. The van der Waals surface area contributed by atoms with Crippen LogP contribution in [-0.4, -0.2) is 55.3 Å². The molecule has 140 valence electrons. The molecule has 1 aliphatic heterocycles. The zero-order valence-corrected chi connectivity index (χ0v) is 14.8. The van der Waals surface area contributed by atoms with E-state index in [1.54, 1.807) is 0 Å². The van der Waals surface area contributed by atoms with E-state index in [1.165, 1.54) is 33.4 Å². The van der Waals surface area contributed by atoms with Crippen molar-refractivity contribution < 1.29 is 24.0 Å². The van der Waals surface area contributed by atoms with Crippen LogP contribution in [0.1, 0.15) is 18.4 Å². The fourth-order valence-electron chi connectivity index (χ4n) is 2.53. The van der Waals surface area contributed by atoms with E-state index in [1.807, 2.05) is 0 Å². The standard InChI is InChI=1S/C16H20N4O6/c1-19-15(21)5-4-11(18-19)16(22)17-7-6-10-8-13(25-2)14(26-3)9-12(10)20(23)24/h8-9H,4-7H2,1-3H3,(H,17,22). The molecular formula is C16H20N4O6. The first kappa shape index (κ1) is 19.2. The van der Waals surface area contributed by atoms with Crippen molar-refractivity contribution in [3.05, 3.63) is 27.8 Å². The lowest BCUT2D eigenvalue weighted by atomic mass is 10.1. The number of carbonyl (C=O) groups excluding carboxylic acids is 2. The Bertz CT molecular complexity index is 761. The smallest absolute Gasteiger partial charge is 0.276 e. The number of hydrogen-bond donors (Lipinski definition) is 1. The van der Waals surface area contributed by atoms with Gasteiger partial charge in [0.15, 0.2) is 11.5 Å². The van der Waals surface area contributed by atoms with Gasteiger partial charge in [0, 0.05) is 32.0 Å². The maximum atomic E-state index is 12.1. The molecule has 0 saturated heterocycles. The van der Waals surface area contributed by atoms with Crippen molar-refractivity contribution >= 4 is 23.2 Å². The van der Waals surface area contributed by atoms with Crippen LogP contribution in [0.2, 0.25) is 0 Å². The minimum atomic E-state index is -0.509. The highest BCUT2D eigenvalue weighted by molar-refractivity contribution is 6.39. The lowest BCUT2D eigenvalue weighted by molar-refractivity contribution is -0.385. The number of amides is 2. The molecule has 2 amide bonds. The number of nitro benzene ring substituents is 1. The summed E-state index contributed by atoms with van der Waals surface area (Å²) in [4.78, 5) is 34.3. The van der Waals surface area contributed by atoms with Gasteiger partial charge >= 0.3 is 0 Å². The van der Waals surface area contributed by atoms with E-state index in [9.17, 15) is 19.7 Å². The lowest BCUT2D eigenvalue weighted by Crippen LogP contribution is -2.38. The van der Waals surface area contributed by atoms with Crippen molar-refractivity contribution in [2.45, 2.75) is 19.3 Å². The minimum absolute atomic E-state index is 0.114. The van der Waals surface area contributed by atoms with Crippen molar-refractivity contribution in [2.24, 2.45) is 5.10 Å². The number of ether oxygens (including phenoxy) is 2. The summed E-state index contributed by atoms with van der Waals surface area (Å²) in [5.74, 6) is 0.0856. The Morgan fingerprint density at radius 1 is 1.31 bits per heavy atom. The summed E-state index contributed by atoms with van der Waals surface area (Å²) in [5.41, 5.74) is 0.553. The molecule has 26 heavy (non-hydrogen) atoms. The molecule has 0 bridgehead atoms. The maximum Gasteiger partial charge on any atom is 0.276 e. The van der Waals surface area contributed by atoms with E-state index in [4.69, 9.17) is 9.47 Å². The summed E-state index contributed by atoms with van der Waals surface area (Å²) in [6.45, 7) is 0.172. The van der Waals surface area contributed by atoms with Crippen LogP contribution in [0, 0.1) is 10.1 Å². The van der Waals surface area contributed by atoms with E-state index in [-0.39, 0.29) is 48.9 Å². The van der Waals surface area contributed by atoms with E-state index in [0.29, 0.717) is 11.3 Å². The van der Waals surface area contributed by atoms with Gasteiger partial charge in [-0.1, -0.05) is 0 Å². The maximum absolute atomic E-state index is 12.1. The van der Waals surface area contributed by atoms with Gasteiger partial charge in [0.1, 0.15) is 5.71 Å². The average molecular weight is 364 g/mol. The second-order valence-corrected chi connectivity index (χ2v) is 5.56. The monoisotopic (exact) mass is 364 g/mol. The lowest BCUT2D eigenvalue weighted by Gasteiger charge is -2.18. The number of methoxy groups -OCH3 is 2. The van der Waals surface area contributed by atoms with Crippen molar-refractivity contribution in [3.63, 3.8) is 0 Å². The Morgan fingerprint density at radius 2 is 1.96 bits per heavy atom. The van der Waals surface area contributed by atoms with Crippen LogP contribution >= 0.6 is 0 Å². The first-order valence-electron chi connectivity index (χ1n) is 7.89. The van der Waals surface area contributed by atoms with Crippen molar-refractivity contribution in [1.29, 1.82) is 0 Å². The van der Waals surface area contributed by atoms with Crippen LogP contribution in [0.4, 0.5) is 5.69 Å². The number of hydrogen-bond acceptors (Lipinski definition) is 7. The van der Waals surface area contributed by atoms with Crippen LogP contribution < -0.4 is 14.8 Å². The van der Waals surface area contributed by atoms with Crippen molar-refractivity contribution in [1.82, 2.24) is 10.3 Å². The highest BCUT2D eigenvalue weighted by Crippen LogP contribution is 2.34. The number of benzene rings is 1. The third-order valence-corrected chi connectivity index (χ3v) is 3.93. The van der Waals surface area contributed by atoms with Crippen LogP contribution in [0.25, 0.3) is 0 Å². The summed E-state index contributed by atoms with van der Waals surface area (Å²) in [6, 6.07) is 2.81. The molecule has 10 heteroatoms. The zero-order chi connectivity index (χ0) is 19.3. The first-order valence-corrected chi connectivity index (χ1v) is 7.89. The molecule has 0 radical (unpaired) electrons. The molecule has 0 saturated carbocycles. The SMILES string of the molecule is COc1cc(CCNC(=O)C2=NN(C)C(=O)CC2)c([N+](=O)[O-])cc1OC. The van der Waals surface area contributed by atoms with E-state index < -0.39 is 10.8 Å². The van der Waals surface area contributed by atoms with Crippen LogP contribution in [0.5, 0.6) is 11.5 Å². The second-order valence-electron chi connectivity index (χ2n) is 5.56. The van der Waals surface area contributed by atoms with Gasteiger partial charge in [-0.25, -0.2) is 5.01 Å². The van der Waals surface area contributed by atoms with Crippen LogP contribution in [0.3, 0.4) is 0 Å². The Balaban J connectivity index is 2.07. The van der Waals surface area contributed by atoms with Gasteiger partial charge in [-0.15, -0.1) is 0 Å². The predicted octanol–water partition coefficient (Wildman–Crippen LogP) is 0.879. The number of rotatable bonds is 7. The molecule has 10 nitrogen and oxygen atoms in total. The zero-order valence-electron chi connectivity index (χ0n) is 14.8. The van der Waals surface area contributed by atoms with E-state index >= 15 is 0 Å². The molecule has 0 unspecified atom stereocenters. The largest absolute Gasteiger partial charge is 0.493 e. The minimum Gasteiger partial charge on any atom is -0.493 e. The van der Waals surface area contributed by atoms with Crippen LogP contribution in [0.15, 0.2) is 17.2 Å². The predicted molar refractivity (Wildman–Crippen MR) is 92.4 cm³/mol. The molecule has 1 N–H and O–H groups in total. The van der Waals surface area contributed by atoms with Gasteiger partial charge in [0.05, 0.1) is 25.2 Å². The van der Waals surface area contributed by atoms with Gasteiger partial charge < -0.3 is 14.8 Å². The molecule has 0 atom stereocenters. The fourth-order valence-corrected chi connectivity index (χ4v) is 2.53. The Hall–Kier alpha value is -3.17. The number of nitrogens with zero attached hydrogens (tertiary/aromatic N) is 3. The molecule has 2 rings (SSSR count). The molecule has 1 aliphatic rings. The molecule has 1 heterocycles. The molecule has 0 spiro atoms. The summed E-state index contributed by atoms with van der Waals surface area (Å²) in [7, 11) is 4.32. The molecule has 0 aliphatic carbocycles. The van der Waals surface area contributed by atoms with Gasteiger partial charge in [-0.05, 0) is 12.5 Å². The quantitative estimate of drug-likeness (QED) is 0.566. The first-order chi connectivity index (χ1) is 12.4. The normalized spacial score (nSPS) is 13.9. The van der Waals surface area contributed by atoms with E-state index in [2.05, 4.69) is 10.4 Å². The molecule has 1 aromatic rings. The summed E-state index contributed by atoms with van der Waals surface area (Å²) >= 11 is 0. The summed E-state index contributed by atoms with van der Waals surface area (Å²) in [5, 5.41) is 19.0. The van der Waals surface area contributed by atoms with Gasteiger partial charge in [-0.3, -0.25) is 19.7 Å². The highest BCUT2D eigenvalue weighted by Gasteiger charge is 2.23. The summed E-state index contributed by atoms with van der Waals surface area (Å²) < 4.78 is 10.2. The molecular weight excluding hydrogens is 344 g/mol. The average Bonchev–Trinajstić information content (AvgIpc) is 2.63. The Morgan fingerprint density at radius 3 is 2.54 bits per heavy atom. The second kappa shape index (κ2) is 8.28. The van der Waals surface area contributed by atoms with Gasteiger partial charge in [0.2, 0.25) is 5.91 Å². The third kappa shape index (κ3) is 4.26. The van der Waals surface area contributed by atoms with E-state index in [0.717, 1.165) is 5.01 Å². The van der Waals surface area contributed by atoms with Gasteiger partial charge in [0.25, 0.3) is 11.6 Å². The number of nitro groups is 1.